The standard InChI is InChI=1S/C19H23N3O2S.C9H11NO2.C9H13NO/c1-15(12-16-8-4-2-5-9-16)20-19(24)22-25-21-18(14-23)13-17-10-6-3-7-11-17;1-10(7-11)8-3-5-9(12-2)6-4-8;1-10(2)8-4-6-9(11-3)7-5-8/h2-11,14-15,18,21H,12-13H2,1H3,(H2,20,22,24);3-7H,1-2H3;4-7H,1-3H3/t15?,18-;;/m0../s1. The summed E-state index contributed by atoms with van der Waals surface area (Å²) in [5.41, 5.74) is 4.27. The minimum atomic E-state index is -0.366. The number of amides is 3. The van der Waals surface area contributed by atoms with E-state index in [-0.39, 0.29) is 18.1 Å². The normalized spacial score (nSPS) is 11.1. The highest BCUT2D eigenvalue weighted by Crippen LogP contribution is 2.17. The quantitative estimate of drug-likeness (QED) is 0.112. The molecule has 4 rings (SSSR count). The highest BCUT2D eigenvalue weighted by Gasteiger charge is 2.11. The van der Waals surface area contributed by atoms with Crippen molar-refractivity contribution in [2.24, 2.45) is 0 Å². The Balaban J connectivity index is 0.000000288. The summed E-state index contributed by atoms with van der Waals surface area (Å²) in [4.78, 5) is 37.0. The number of nitrogens with zero attached hydrogens (tertiary/aromatic N) is 2. The van der Waals surface area contributed by atoms with Crippen molar-refractivity contribution in [3.63, 3.8) is 0 Å². The molecule has 0 fully saturated rings. The third kappa shape index (κ3) is 15.5. The summed E-state index contributed by atoms with van der Waals surface area (Å²) in [7, 11) is 9.02. The molecule has 0 aromatic heterocycles. The second-order valence-electron chi connectivity index (χ2n) is 10.8. The van der Waals surface area contributed by atoms with Crippen LogP contribution < -0.4 is 34.0 Å². The number of rotatable bonds is 14. The van der Waals surface area contributed by atoms with Crippen LogP contribution in [-0.4, -0.2) is 66.2 Å². The summed E-state index contributed by atoms with van der Waals surface area (Å²) in [5, 5.41) is 2.87. The molecule has 0 saturated heterocycles. The van der Waals surface area contributed by atoms with Gasteiger partial charge in [-0.3, -0.25) is 9.52 Å². The zero-order valence-electron chi connectivity index (χ0n) is 28.5. The van der Waals surface area contributed by atoms with Crippen molar-refractivity contribution < 1.29 is 23.9 Å². The van der Waals surface area contributed by atoms with E-state index in [0.717, 1.165) is 54.0 Å². The first-order valence-corrected chi connectivity index (χ1v) is 16.1. The summed E-state index contributed by atoms with van der Waals surface area (Å²) < 4.78 is 15.6. The fraction of sp³-hybridized carbons (Fsp3) is 0.270. The first-order chi connectivity index (χ1) is 23.2. The highest BCUT2D eigenvalue weighted by molar-refractivity contribution is 7.96. The lowest BCUT2D eigenvalue weighted by atomic mass is 10.1. The SMILES string of the molecule is CC(Cc1ccccc1)NC(=O)NSN[C@H](C=O)Cc1ccccc1.COc1ccc(N(C)C)cc1.COc1ccc(N(C)C=O)cc1. The van der Waals surface area contributed by atoms with Crippen LogP contribution in [0.15, 0.2) is 109 Å². The van der Waals surface area contributed by atoms with Gasteiger partial charge in [-0.25, -0.2) is 9.52 Å². The predicted molar refractivity (Wildman–Crippen MR) is 197 cm³/mol. The molecule has 11 heteroatoms. The Morgan fingerprint density at radius 3 is 1.65 bits per heavy atom. The van der Waals surface area contributed by atoms with Gasteiger partial charge in [0.1, 0.15) is 17.8 Å². The number of nitrogens with one attached hydrogen (secondary N) is 3. The first-order valence-electron chi connectivity index (χ1n) is 15.3. The lowest BCUT2D eigenvalue weighted by Crippen LogP contribution is -2.41. The van der Waals surface area contributed by atoms with Gasteiger partial charge in [0.25, 0.3) is 0 Å². The van der Waals surface area contributed by atoms with Gasteiger partial charge in [-0.1, -0.05) is 60.7 Å². The molecule has 10 nitrogen and oxygen atoms in total. The van der Waals surface area contributed by atoms with Gasteiger partial charge in [-0.05, 0) is 79.4 Å². The molecule has 0 heterocycles. The van der Waals surface area contributed by atoms with Crippen LogP contribution in [0.5, 0.6) is 11.5 Å². The van der Waals surface area contributed by atoms with Gasteiger partial charge in [-0.2, -0.15) is 0 Å². The van der Waals surface area contributed by atoms with Crippen molar-refractivity contribution in [3.8, 4) is 11.5 Å². The van der Waals surface area contributed by atoms with Gasteiger partial charge >= 0.3 is 6.03 Å². The summed E-state index contributed by atoms with van der Waals surface area (Å²) in [6, 6.07) is 34.3. The Morgan fingerprint density at radius 2 is 1.21 bits per heavy atom. The average Bonchev–Trinajstić information content (AvgIpc) is 3.12. The third-order valence-corrected chi connectivity index (χ3v) is 7.51. The Kier molecular flexibility index (Phi) is 18.4. The maximum Gasteiger partial charge on any atom is 0.325 e. The maximum absolute atomic E-state index is 11.9. The summed E-state index contributed by atoms with van der Waals surface area (Å²) >= 11 is 1.02. The lowest BCUT2D eigenvalue weighted by Gasteiger charge is -2.16. The van der Waals surface area contributed by atoms with E-state index in [1.165, 1.54) is 16.2 Å². The van der Waals surface area contributed by atoms with Crippen molar-refractivity contribution in [1.29, 1.82) is 0 Å². The molecular formula is C37H47N5O5S. The highest BCUT2D eigenvalue weighted by atomic mass is 32.2. The van der Waals surface area contributed by atoms with Gasteiger partial charge in [0.2, 0.25) is 6.41 Å². The molecule has 2 atom stereocenters. The lowest BCUT2D eigenvalue weighted by molar-refractivity contribution is -0.109. The molecule has 0 saturated carbocycles. The number of aldehydes is 1. The molecule has 256 valence electrons. The van der Waals surface area contributed by atoms with Gasteiger partial charge in [0.15, 0.2) is 0 Å². The van der Waals surface area contributed by atoms with Crippen molar-refractivity contribution in [3.05, 3.63) is 120 Å². The fourth-order valence-electron chi connectivity index (χ4n) is 4.17. The molecule has 0 radical (unpaired) electrons. The van der Waals surface area contributed by atoms with Gasteiger partial charge < -0.3 is 29.4 Å². The number of ether oxygens (including phenoxy) is 2. The first kappa shape index (κ1) is 39.2. The number of urea groups is 1. The van der Waals surface area contributed by atoms with Crippen LogP contribution in [-0.2, 0) is 22.4 Å². The molecule has 48 heavy (non-hydrogen) atoms. The number of carbonyl (C=O) groups is 3. The van der Waals surface area contributed by atoms with Crippen LogP contribution in [0.4, 0.5) is 16.2 Å². The van der Waals surface area contributed by atoms with Crippen molar-refractivity contribution in [2.75, 3.05) is 45.2 Å². The van der Waals surface area contributed by atoms with Crippen LogP contribution in [0.25, 0.3) is 0 Å². The largest absolute Gasteiger partial charge is 0.497 e. The van der Waals surface area contributed by atoms with Crippen LogP contribution in [0.2, 0.25) is 0 Å². The number of hydrogen-bond acceptors (Lipinski definition) is 8. The van der Waals surface area contributed by atoms with E-state index in [4.69, 9.17) is 9.47 Å². The molecule has 0 aliphatic rings. The number of carbonyl (C=O) groups excluding carboxylic acids is 3. The minimum Gasteiger partial charge on any atom is -0.497 e. The molecule has 1 unspecified atom stereocenters. The molecular weight excluding hydrogens is 627 g/mol. The van der Waals surface area contributed by atoms with E-state index in [9.17, 15) is 14.4 Å². The number of benzene rings is 4. The maximum atomic E-state index is 11.9. The Labute approximate surface area is 289 Å². The van der Waals surface area contributed by atoms with Gasteiger partial charge in [0.05, 0.1) is 20.3 Å². The van der Waals surface area contributed by atoms with E-state index in [1.54, 1.807) is 21.3 Å². The third-order valence-electron chi connectivity index (χ3n) is 6.81. The smallest absolute Gasteiger partial charge is 0.325 e. The van der Waals surface area contributed by atoms with Gasteiger partial charge in [-0.15, -0.1) is 0 Å². The second-order valence-corrected chi connectivity index (χ2v) is 11.5. The molecule has 0 aliphatic carbocycles. The number of hydrogen-bond donors (Lipinski definition) is 3. The fourth-order valence-corrected chi connectivity index (χ4v) is 4.67. The topological polar surface area (TPSA) is 112 Å². The summed E-state index contributed by atoms with van der Waals surface area (Å²) in [6.07, 6.45) is 2.95. The molecule has 4 aromatic carbocycles. The van der Waals surface area contributed by atoms with Crippen molar-refractivity contribution in [1.82, 2.24) is 14.8 Å². The van der Waals surface area contributed by atoms with E-state index in [0.29, 0.717) is 6.42 Å². The summed E-state index contributed by atoms with van der Waals surface area (Å²) in [6.45, 7) is 1.95. The van der Waals surface area contributed by atoms with E-state index >= 15 is 0 Å². The monoisotopic (exact) mass is 673 g/mol. The minimum absolute atomic E-state index is 0.00851. The van der Waals surface area contributed by atoms with Gasteiger partial charge in [0, 0.05) is 50.7 Å². The van der Waals surface area contributed by atoms with Crippen LogP contribution in [0, 0.1) is 0 Å². The van der Waals surface area contributed by atoms with E-state index < -0.39 is 0 Å². The van der Waals surface area contributed by atoms with E-state index in [1.807, 2.05) is 130 Å². The van der Waals surface area contributed by atoms with Crippen LogP contribution in [0.1, 0.15) is 18.1 Å². The zero-order valence-corrected chi connectivity index (χ0v) is 29.3. The van der Waals surface area contributed by atoms with Crippen molar-refractivity contribution in [2.45, 2.75) is 31.8 Å². The summed E-state index contributed by atoms with van der Waals surface area (Å²) in [5.74, 6) is 1.69. The Morgan fingerprint density at radius 1 is 0.729 bits per heavy atom. The molecule has 4 aromatic rings. The Hall–Kier alpha value is -5.00. The van der Waals surface area contributed by atoms with Crippen LogP contribution >= 0.6 is 12.1 Å². The molecule has 0 bridgehead atoms. The molecule has 0 spiro atoms. The average molecular weight is 674 g/mol. The van der Waals surface area contributed by atoms with Crippen LogP contribution in [0.3, 0.4) is 0 Å². The molecule has 3 N–H and O–H groups in total. The Bertz CT molecular complexity index is 1460. The molecule has 3 amide bonds. The zero-order chi connectivity index (χ0) is 35.1. The second kappa shape index (κ2) is 22.5. The number of methoxy groups -OCH3 is 2. The van der Waals surface area contributed by atoms with E-state index in [2.05, 4.69) is 19.7 Å². The molecule has 0 aliphatic heterocycles. The van der Waals surface area contributed by atoms with Crippen molar-refractivity contribution >= 4 is 42.2 Å². The predicted octanol–water partition coefficient (Wildman–Crippen LogP) is 5.93. The number of anilines is 2.